The molecule has 0 aromatic heterocycles. The minimum Gasteiger partial charge on any atom is -0.465 e. The van der Waals surface area contributed by atoms with E-state index < -0.39 is 6.09 Å². The Morgan fingerprint density at radius 2 is 2.18 bits per heavy atom. The molecule has 0 heterocycles. The van der Waals surface area contributed by atoms with Crippen LogP contribution in [0, 0.1) is 0 Å². The third kappa shape index (κ3) is 4.36. The molecule has 1 N–H and O–H groups in total. The molecule has 4 heteroatoms. The molecule has 0 saturated carbocycles. The number of amides is 2. The van der Waals surface area contributed by atoms with Crippen molar-refractivity contribution >= 4 is 12.5 Å². The monoisotopic (exact) mass is 158 g/mol. The molecule has 0 aliphatic carbocycles. The summed E-state index contributed by atoms with van der Waals surface area (Å²) in [6.45, 7) is 2.27. The predicted octanol–water partition coefficient (Wildman–Crippen LogP) is 1.22. The van der Waals surface area contributed by atoms with Gasteiger partial charge in [-0.25, -0.2) is 9.69 Å². The van der Waals surface area contributed by atoms with Crippen molar-refractivity contribution in [2.24, 2.45) is 0 Å². The highest BCUT2D eigenvalue weighted by Crippen LogP contribution is 1.96. The van der Waals surface area contributed by atoms with E-state index in [4.69, 9.17) is 5.11 Å². The molecular formula is C7H12NO3. The van der Waals surface area contributed by atoms with Crippen molar-refractivity contribution in [2.45, 2.75) is 26.2 Å². The molecule has 0 spiro atoms. The summed E-state index contributed by atoms with van der Waals surface area (Å²) in [6, 6.07) is 0. The molecule has 63 valence electrons. The lowest BCUT2D eigenvalue weighted by Crippen LogP contribution is -2.28. The van der Waals surface area contributed by atoms with Gasteiger partial charge in [-0.05, 0) is 6.42 Å². The minimum atomic E-state index is -1.23. The van der Waals surface area contributed by atoms with Crippen LogP contribution in [0.1, 0.15) is 26.2 Å². The van der Waals surface area contributed by atoms with E-state index in [0.29, 0.717) is 4.90 Å². The highest BCUT2D eigenvalue weighted by molar-refractivity contribution is 5.78. The number of rotatable bonds is 5. The van der Waals surface area contributed by atoms with Crippen molar-refractivity contribution in [3.63, 3.8) is 0 Å². The van der Waals surface area contributed by atoms with Crippen molar-refractivity contribution in [2.75, 3.05) is 6.54 Å². The van der Waals surface area contributed by atoms with Gasteiger partial charge in [-0.2, -0.15) is 0 Å². The van der Waals surface area contributed by atoms with Gasteiger partial charge in [0.05, 0.1) is 0 Å². The molecule has 0 aliphatic rings. The number of carbonyl (C=O) groups is 1. The van der Waals surface area contributed by atoms with Gasteiger partial charge < -0.3 is 5.11 Å². The molecule has 0 bridgehead atoms. The van der Waals surface area contributed by atoms with Crippen LogP contribution in [0.2, 0.25) is 0 Å². The Morgan fingerprint density at radius 1 is 1.55 bits per heavy atom. The first-order valence-corrected chi connectivity index (χ1v) is 3.60. The molecule has 0 aliphatic heterocycles. The van der Waals surface area contributed by atoms with Gasteiger partial charge in [-0.1, -0.05) is 19.8 Å². The zero-order valence-electron chi connectivity index (χ0n) is 6.54. The summed E-state index contributed by atoms with van der Waals surface area (Å²) in [5.74, 6) is 0. The summed E-state index contributed by atoms with van der Waals surface area (Å²) >= 11 is 0. The standard InChI is InChI=1S/C7H12NO3/c1-2-3-4-5-8(6-9)7(10)11/h2-5H2,1H3,(H,10,11). The van der Waals surface area contributed by atoms with E-state index in [1.165, 1.54) is 6.41 Å². The van der Waals surface area contributed by atoms with E-state index in [-0.39, 0.29) is 6.54 Å². The average Bonchev–Trinajstić information content (AvgIpc) is 1.97. The van der Waals surface area contributed by atoms with E-state index in [2.05, 4.69) is 0 Å². The lowest BCUT2D eigenvalue weighted by atomic mass is 10.2. The highest BCUT2D eigenvalue weighted by atomic mass is 16.4. The van der Waals surface area contributed by atoms with Crippen LogP contribution in [0.3, 0.4) is 0 Å². The first-order valence-electron chi connectivity index (χ1n) is 3.60. The van der Waals surface area contributed by atoms with Gasteiger partial charge in [0.25, 0.3) is 0 Å². The first-order chi connectivity index (χ1) is 5.22. The van der Waals surface area contributed by atoms with Gasteiger partial charge in [0, 0.05) is 6.54 Å². The number of unbranched alkanes of at least 4 members (excludes halogenated alkanes) is 2. The Kier molecular flexibility index (Phi) is 5.15. The molecule has 0 unspecified atom stereocenters. The molecule has 0 saturated heterocycles. The van der Waals surface area contributed by atoms with Crippen molar-refractivity contribution in [3.05, 3.63) is 0 Å². The summed E-state index contributed by atoms with van der Waals surface area (Å²) in [5.41, 5.74) is 0. The smallest absolute Gasteiger partial charge is 0.414 e. The number of hydrogen-bond donors (Lipinski definition) is 1. The Morgan fingerprint density at radius 3 is 2.55 bits per heavy atom. The van der Waals surface area contributed by atoms with Crippen LogP contribution in [0.5, 0.6) is 0 Å². The topological polar surface area (TPSA) is 57.6 Å². The Balaban J connectivity index is 3.52. The van der Waals surface area contributed by atoms with Crippen LogP contribution in [0.15, 0.2) is 0 Å². The Labute approximate surface area is 65.8 Å². The second-order valence-electron chi connectivity index (χ2n) is 2.23. The summed E-state index contributed by atoms with van der Waals surface area (Å²) in [5, 5.41) is 8.34. The normalized spacial score (nSPS) is 9.18. The third-order valence-corrected chi connectivity index (χ3v) is 1.33. The van der Waals surface area contributed by atoms with Crippen LogP contribution in [-0.2, 0) is 4.79 Å². The van der Waals surface area contributed by atoms with Crippen LogP contribution >= 0.6 is 0 Å². The van der Waals surface area contributed by atoms with Crippen LogP contribution in [0.4, 0.5) is 4.79 Å². The molecule has 0 rings (SSSR count). The largest absolute Gasteiger partial charge is 0.465 e. The third-order valence-electron chi connectivity index (χ3n) is 1.33. The molecule has 0 aromatic rings. The van der Waals surface area contributed by atoms with Crippen LogP contribution < -0.4 is 0 Å². The van der Waals surface area contributed by atoms with Gasteiger partial charge >= 0.3 is 12.5 Å². The van der Waals surface area contributed by atoms with E-state index in [9.17, 15) is 9.59 Å². The number of nitrogens with zero attached hydrogens (tertiary/aromatic N) is 1. The van der Waals surface area contributed by atoms with Crippen molar-refractivity contribution in [1.29, 1.82) is 0 Å². The molecule has 0 fully saturated rings. The molecular weight excluding hydrogens is 146 g/mol. The lowest BCUT2D eigenvalue weighted by Gasteiger charge is -2.08. The molecule has 2 amide bonds. The lowest BCUT2D eigenvalue weighted by molar-refractivity contribution is 0.167. The van der Waals surface area contributed by atoms with Crippen LogP contribution in [0.25, 0.3) is 0 Å². The fraction of sp³-hybridized carbons (Fsp3) is 0.714. The van der Waals surface area contributed by atoms with Gasteiger partial charge in [0.2, 0.25) is 0 Å². The van der Waals surface area contributed by atoms with Gasteiger partial charge in [-0.3, -0.25) is 4.79 Å². The van der Waals surface area contributed by atoms with Crippen molar-refractivity contribution < 1.29 is 14.7 Å². The minimum absolute atomic E-state index is 0.257. The quantitative estimate of drug-likeness (QED) is 0.483. The molecule has 4 nitrogen and oxygen atoms in total. The maximum Gasteiger partial charge on any atom is 0.414 e. The SMILES string of the molecule is CCCCCN([C]=O)C(=O)O. The second kappa shape index (κ2) is 5.70. The summed E-state index contributed by atoms with van der Waals surface area (Å²) in [4.78, 5) is 20.8. The van der Waals surface area contributed by atoms with E-state index >= 15 is 0 Å². The van der Waals surface area contributed by atoms with Crippen molar-refractivity contribution in [3.8, 4) is 0 Å². The number of hydrogen-bond acceptors (Lipinski definition) is 2. The fourth-order valence-corrected chi connectivity index (χ4v) is 0.700. The van der Waals surface area contributed by atoms with Crippen molar-refractivity contribution in [1.82, 2.24) is 4.90 Å². The van der Waals surface area contributed by atoms with E-state index in [0.717, 1.165) is 19.3 Å². The summed E-state index contributed by atoms with van der Waals surface area (Å²) in [7, 11) is 0. The molecule has 0 atom stereocenters. The summed E-state index contributed by atoms with van der Waals surface area (Å²) < 4.78 is 0. The van der Waals surface area contributed by atoms with Gasteiger partial charge in [-0.15, -0.1) is 0 Å². The second-order valence-corrected chi connectivity index (χ2v) is 2.23. The van der Waals surface area contributed by atoms with Gasteiger partial charge in [0.1, 0.15) is 0 Å². The molecule has 0 aromatic carbocycles. The highest BCUT2D eigenvalue weighted by Gasteiger charge is 2.09. The number of carbonyl (C=O) groups excluding carboxylic acids is 1. The molecule has 11 heavy (non-hydrogen) atoms. The average molecular weight is 158 g/mol. The number of carboxylic acid groups (broad SMARTS) is 1. The number of imide groups is 1. The zero-order chi connectivity index (χ0) is 8.69. The Hall–Kier alpha value is -1.06. The van der Waals surface area contributed by atoms with E-state index in [1.54, 1.807) is 0 Å². The summed E-state index contributed by atoms with van der Waals surface area (Å²) in [6.07, 6.45) is 2.78. The fourth-order valence-electron chi connectivity index (χ4n) is 0.700. The first kappa shape index (κ1) is 9.94. The van der Waals surface area contributed by atoms with Crippen LogP contribution in [-0.4, -0.2) is 29.1 Å². The zero-order valence-corrected chi connectivity index (χ0v) is 6.54. The maximum atomic E-state index is 10.2. The van der Waals surface area contributed by atoms with Gasteiger partial charge in [0.15, 0.2) is 0 Å². The molecule has 1 radical (unpaired) electrons. The maximum absolute atomic E-state index is 10.2. The predicted molar refractivity (Wildman–Crippen MR) is 39.9 cm³/mol. The van der Waals surface area contributed by atoms with E-state index in [1.807, 2.05) is 6.92 Å². The Bertz CT molecular complexity index is 136.